The van der Waals surface area contributed by atoms with Crippen molar-refractivity contribution in [2.75, 3.05) is 51.0 Å². The van der Waals surface area contributed by atoms with Crippen molar-refractivity contribution in [3.8, 4) is 11.5 Å². The topological polar surface area (TPSA) is 49.0 Å². The van der Waals surface area contributed by atoms with Crippen molar-refractivity contribution in [3.63, 3.8) is 0 Å². The van der Waals surface area contributed by atoms with Gasteiger partial charge in [0.1, 0.15) is 11.5 Å². The molecule has 200 valence electrons. The fraction of sp³-hybridized carbons (Fsp3) is 0.517. The van der Waals surface area contributed by atoms with Crippen molar-refractivity contribution in [2.45, 2.75) is 44.9 Å². The molecule has 2 aromatic rings. The van der Waals surface area contributed by atoms with Crippen LogP contribution in [0, 0.1) is 11.8 Å². The van der Waals surface area contributed by atoms with Gasteiger partial charge in [0.05, 0.1) is 25.6 Å². The van der Waals surface area contributed by atoms with Gasteiger partial charge in [0.25, 0.3) is 0 Å². The average Bonchev–Trinajstić information content (AvgIpc) is 2.94. The third kappa shape index (κ3) is 7.71. The number of likely N-dealkylation sites (tertiary alicyclic amines) is 2. The van der Waals surface area contributed by atoms with Crippen molar-refractivity contribution in [2.24, 2.45) is 11.8 Å². The van der Waals surface area contributed by atoms with Gasteiger partial charge in [-0.15, -0.1) is 0 Å². The molecule has 0 atom stereocenters. The van der Waals surface area contributed by atoms with Gasteiger partial charge in [-0.05, 0) is 86.2 Å². The highest BCUT2D eigenvalue weighted by molar-refractivity contribution is 7.80. The van der Waals surface area contributed by atoms with Crippen LogP contribution in [0.5, 0.6) is 11.5 Å². The third-order valence-electron chi connectivity index (χ3n) is 7.73. The third-order valence-corrected chi connectivity index (χ3v) is 8.45. The molecule has 4 rings (SSSR count). The molecule has 2 fully saturated rings. The number of para-hydroxylation sites is 4. The first-order chi connectivity index (χ1) is 18.1. The molecule has 0 amide bonds. The molecule has 0 aromatic heterocycles. The lowest BCUT2D eigenvalue weighted by Crippen LogP contribution is -2.41. The molecule has 2 heterocycles. The summed E-state index contributed by atoms with van der Waals surface area (Å²) in [5.74, 6) is 3.26. The Hall–Kier alpha value is -2.58. The fourth-order valence-electron chi connectivity index (χ4n) is 5.43. The minimum absolute atomic E-state index is 0.799. The molecule has 0 saturated carbocycles. The van der Waals surface area contributed by atoms with E-state index in [1.165, 1.54) is 44.9 Å². The Morgan fingerprint density at radius 2 is 1.08 bits per heavy atom. The van der Waals surface area contributed by atoms with Crippen LogP contribution >= 0.6 is 24.4 Å². The van der Waals surface area contributed by atoms with E-state index < -0.39 is 0 Å². The Bertz CT molecular complexity index is 953. The van der Waals surface area contributed by atoms with Gasteiger partial charge in [0.2, 0.25) is 0 Å². The Morgan fingerprint density at radius 3 is 1.46 bits per heavy atom. The predicted octanol–water partition coefficient (Wildman–Crippen LogP) is 6.39. The first kappa shape index (κ1) is 27.5. The van der Waals surface area contributed by atoms with E-state index in [1.54, 1.807) is 14.2 Å². The summed E-state index contributed by atoms with van der Waals surface area (Å²) in [7, 11) is 3.38. The van der Waals surface area contributed by atoms with Crippen LogP contribution in [-0.4, -0.2) is 60.4 Å². The normalized spacial score (nSPS) is 16.8. The number of methoxy groups -OCH3 is 2. The number of anilines is 2. The molecule has 0 radical (unpaired) electrons. The minimum Gasteiger partial charge on any atom is -0.495 e. The smallest absolute Gasteiger partial charge is 0.173 e. The highest BCUT2D eigenvalue weighted by Crippen LogP contribution is 2.29. The minimum atomic E-state index is 0.799. The molecule has 2 saturated heterocycles. The molecule has 8 heteroatoms. The van der Waals surface area contributed by atoms with E-state index in [9.17, 15) is 0 Å². The zero-order valence-corrected chi connectivity index (χ0v) is 23.7. The molecule has 2 N–H and O–H groups in total. The van der Waals surface area contributed by atoms with Gasteiger partial charge >= 0.3 is 0 Å². The van der Waals surface area contributed by atoms with Crippen molar-refractivity contribution in [3.05, 3.63) is 48.5 Å². The molecule has 2 aliphatic rings. The van der Waals surface area contributed by atoms with Gasteiger partial charge in [0, 0.05) is 26.2 Å². The second-order valence-electron chi connectivity index (χ2n) is 10.1. The van der Waals surface area contributed by atoms with E-state index in [-0.39, 0.29) is 0 Å². The number of hydrogen-bond acceptors (Lipinski definition) is 4. The maximum atomic E-state index is 5.69. The summed E-state index contributed by atoms with van der Waals surface area (Å²) < 4.78 is 10.9. The Kier molecular flexibility index (Phi) is 10.3. The standard InChI is InChI=1S/C29H40N4O2S2/c1-34-26-12-5-3-10-24(26)30-28(36)32-18-14-22(15-19-32)8-7-9-23-16-20-33(21-17-23)29(37)31-25-11-4-6-13-27(25)35-2/h3-6,10-13,22-23H,7-9,14-21H2,1-2H3,(H,30,36)(H,31,37). The molecule has 2 aliphatic heterocycles. The van der Waals surface area contributed by atoms with Gasteiger partial charge in [-0.3, -0.25) is 0 Å². The quantitative estimate of drug-likeness (QED) is 0.374. The Labute approximate surface area is 232 Å². The fourth-order valence-corrected chi connectivity index (χ4v) is 6.01. The van der Waals surface area contributed by atoms with Crippen LogP contribution in [-0.2, 0) is 0 Å². The second kappa shape index (κ2) is 13.8. The van der Waals surface area contributed by atoms with Gasteiger partial charge in [-0.1, -0.05) is 43.5 Å². The molecular formula is C29H40N4O2S2. The molecule has 0 aliphatic carbocycles. The summed E-state index contributed by atoms with van der Waals surface area (Å²) in [6, 6.07) is 15.9. The van der Waals surface area contributed by atoms with E-state index in [4.69, 9.17) is 33.9 Å². The number of thiocarbonyl (C=S) groups is 2. The van der Waals surface area contributed by atoms with Gasteiger partial charge < -0.3 is 29.9 Å². The largest absolute Gasteiger partial charge is 0.495 e. The van der Waals surface area contributed by atoms with Crippen molar-refractivity contribution >= 4 is 46.0 Å². The summed E-state index contributed by atoms with van der Waals surface area (Å²) in [6.45, 7) is 4.11. The lowest BCUT2D eigenvalue weighted by atomic mass is 9.87. The van der Waals surface area contributed by atoms with E-state index >= 15 is 0 Å². The molecule has 0 unspecified atom stereocenters. The first-order valence-electron chi connectivity index (χ1n) is 13.4. The van der Waals surface area contributed by atoms with Crippen LogP contribution in [0.2, 0.25) is 0 Å². The maximum absolute atomic E-state index is 5.69. The van der Waals surface area contributed by atoms with Crippen LogP contribution < -0.4 is 20.1 Å². The van der Waals surface area contributed by atoms with Crippen LogP contribution in [0.1, 0.15) is 44.9 Å². The van der Waals surface area contributed by atoms with Crippen molar-refractivity contribution in [1.82, 2.24) is 9.80 Å². The van der Waals surface area contributed by atoms with Crippen molar-refractivity contribution < 1.29 is 9.47 Å². The van der Waals surface area contributed by atoms with Crippen molar-refractivity contribution in [1.29, 1.82) is 0 Å². The molecule has 6 nitrogen and oxygen atoms in total. The molecule has 0 bridgehead atoms. The number of ether oxygens (including phenoxy) is 2. The van der Waals surface area contributed by atoms with Gasteiger partial charge in [-0.25, -0.2) is 0 Å². The monoisotopic (exact) mass is 540 g/mol. The summed E-state index contributed by atoms with van der Waals surface area (Å²) in [5, 5.41) is 8.34. The number of hydrogen-bond donors (Lipinski definition) is 2. The van der Waals surface area contributed by atoms with E-state index in [0.29, 0.717) is 0 Å². The molecule has 0 spiro atoms. The number of benzene rings is 2. The lowest BCUT2D eigenvalue weighted by molar-refractivity contribution is 0.229. The first-order valence-corrected chi connectivity index (χ1v) is 14.3. The summed E-state index contributed by atoms with van der Waals surface area (Å²) in [4.78, 5) is 4.60. The zero-order valence-electron chi connectivity index (χ0n) is 22.1. The van der Waals surface area contributed by atoms with Gasteiger partial charge in [0.15, 0.2) is 10.2 Å². The number of rotatable bonds is 8. The predicted molar refractivity (Wildman–Crippen MR) is 161 cm³/mol. The van der Waals surface area contributed by atoms with E-state index in [0.717, 1.165) is 71.1 Å². The molecule has 2 aromatic carbocycles. The van der Waals surface area contributed by atoms with Gasteiger partial charge in [-0.2, -0.15) is 0 Å². The highest BCUT2D eigenvalue weighted by Gasteiger charge is 2.24. The highest BCUT2D eigenvalue weighted by atomic mass is 32.1. The van der Waals surface area contributed by atoms with Crippen LogP contribution in [0.25, 0.3) is 0 Å². The van der Waals surface area contributed by atoms with Crippen LogP contribution in [0.4, 0.5) is 11.4 Å². The number of nitrogens with zero attached hydrogens (tertiary/aromatic N) is 2. The summed E-state index contributed by atoms with van der Waals surface area (Å²) in [6.07, 6.45) is 8.85. The maximum Gasteiger partial charge on any atom is 0.173 e. The average molecular weight is 541 g/mol. The molecule has 37 heavy (non-hydrogen) atoms. The Morgan fingerprint density at radius 1 is 0.703 bits per heavy atom. The van der Waals surface area contributed by atoms with Crippen LogP contribution in [0.3, 0.4) is 0 Å². The SMILES string of the molecule is COc1ccccc1NC(=S)N1CCC(CCCC2CCN(C(=S)Nc3ccccc3OC)CC2)CC1. The lowest BCUT2D eigenvalue weighted by Gasteiger charge is -2.35. The number of nitrogens with one attached hydrogen (secondary N) is 2. The van der Waals surface area contributed by atoms with Crippen LogP contribution in [0.15, 0.2) is 48.5 Å². The van der Waals surface area contributed by atoms with E-state index in [2.05, 4.69) is 20.4 Å². The van der Waals surface area contributed by atoms with E-state index in [1.807, 2.05) is 48.5 Å². The second-order valence-corrected chi connectivity index (χ2v) is 10.8. The summed E-state index contributed by atoms with van der Waals surface area (Å²) in [5.41, 5.74) is 1.86. The zero-order chi connectivity index (χ0) is 26.0. The Balaban J connectivity index is 1.11. The number of piperidine rings is 2. The summed E-state index contributed by atoms with van der Waals surface area (Å²) >= 11 is 11.4. The molecular weight excluding hydrogens is 500 g/mol.